The normalized spacial score (nSPS) is 14.4. The second-order valence-corrected chi connectivity index (χ2v) is 8.96. The Balaban J connectivity index is 1.69. The summed E-state index contributed by atoms with van der Waals surface area (Å²) in [6.07, 6.45) is 1.93. The van der Waals surface area contributed by atoms with Crippen LogP contribution in [0, 0.1) is 0 Å². The number of aromatic nitrogens is 2. The lowest BCUT2D eigenvalue weighted by molar-refractivity contribution is 0.667. The van der Waals surface area contributed by atoms with E-state index >= 15 is 0 Å². The van der Waals surface area contributed by atoms with Gasteiger partial charge in [0.2, 0.25) is 0 Å². The zero-order valence-electron chi connectivity index (χ0n) is 15.7. The van der Waals surface area contributed by atoms with E-state index in [9.17, 15) is 0 Å². The Hall–Kier alpha value is -3.04. The molecule has 134 valence electrons. The molecule has 5 aromatic rings. The summed E-state index contributed by atoms with van der Waals surface area (Å²) in [5.74, 6) is 0.802. The average Bonchev–Trinajstić information content (AvgIpc) is 3.22. The second-order valence-electron chi connectivity index (χ2n) is 7.91. The van der Waals surface area contributed by atoms with Crippen molar-refractivity contribution in [2.24, 2.45) is 0 Å². The van der Waals surface area contributed by atoms with Gasteiger partial charge in [0, 0.05) is 37.7 Å². The van der Waals surface area contributed by atoms with Gasteiger partial charge in [0.05, 0.1) is 5.52 Å². The quantitative estimate of drug-likeness (QED) is 0.320. The Morgan fingerprint density at radius 2 is 1.68 bits per heavy atom. The Bertz CT molecular complexity index is 1390. The molecule has 3 heteroatoms. The van der Waals surface area contributed by atoms with Crippen molar-refractivity contribution in [3.8, 4) is 21.8 Å². The van der Waals surface area contributed by atoms with E-state index in [0.717, 1.165) is 22.3 Å². The Morgan fingerprint density at radius 3 is 2.61 bits per heavy atom. The molecule has 2 heterocycles. The van der Waals surface area contributed by atoms with Crippen LogP contribution in [0.3, 0.4) is 0 Å². The molecule has 0 saturated carbocycles. The van der Waals surface area contributed by atoms with Crippen LogP contribution in [-0.4, -0.2) is 9.97 Å². The summed E-state index contributed by atoms with van der Waals surface area (Å²) in [6, 6.07) is 23.5. The van der Waals surface area contributed by atoms with Crippen molar-refractivity contribution in [3.05, 3.63) is 84.1 Å². The molecule has 0 fully saturated rings. The minimum absolute atomic E-state index is 0.0306. The molecule has 0 radical (unpaired) electrons. The van der Waals surface area contributed by atoms with Crippen LogP contribution in [0.4, 0.5) is 0 Å². The van der Waals surface area contributed by atoms with Gasteiger partial charge in [0.25, 0.3) is 0 Å². The molecule has 2 aromatic heterocycles. The summed E-state index contributed by atoms with van der Waals surface area (Å²) < 4.78 is 1.35. The molecular formula is C25H18N2S. The fourth-order valence-electron chi connectivity index (χ4n) is 4.58. The van der Waals surface area contributed by atoms with E-state index in [1.54, 1.807) is 0 Å². The molecule has 6 rings (SSSR count). The van der Waals surface area contributed by atoms with Crippen LogP contribution in [0.5, 0.6) is 0 Å². The molecule has 0 atom stereocenters. The molecule has 0 aliphatic heterocycles. The standard InChI is InChI=1S/C25H18N2S/c1-25(2)18-11-7-10-17(24-26-14-15-8-3-5-12-19(15)27-24)21(18)23-22(25)16-9-4-6-13-20(16)28-23/h3-14H,1-2H3. The maximum atomic E-state index is 4.89. The van der Waals surface area contributed by atoms with E-state index in [2.05, 4.69) is 68.4 Å². The molecule has 0 spiro atoms. The van der Waals surface area contributed by atoms with Crippen molar-refractivity contribution in [1.29, 1.82) is 0 Å². The molecule has 0 amide bonds. The van der Waals surface area contributed by atoms with E-state index < -0.39 is 0 Å². The molecule has 0 bridgehead atoms. The average molecular weight is 379 g/mol. The minimum atomic E-state index is -0.0306. The fourth-order valence-corrected chi connectivity index (χ4v) is 6.02. The molecule has 2 nitrogen and oxygen atoms in total. The van der Waals surface area contributed by atoms with Crippen LogP contribution in [0.15, 0.2) is 72.9 Å². The van der Waals surface area contributed by atoms with Crippen LogP contribution in [0.25, 0.3) is 42.8 Å². The summed E-state index contributed by atoms with van der Waals surface area (Å²) in [5.41, 5.74) is 6.20. The summed E-state index contributed by atoms with van der Waals surface area (Å²) in [6.45, 7) is 4.67. The first-order valence-electron chi connectivity index (χ1n) is 9.52. The Labute approximate surface area is 167 Å². The lowest BCUT2D eigenvalue weighted by Crippen LogP contribution is -2.14. The number of rotatable bonds is 1. The number of nitrogens with zero attached hydrogens (tertiary/aromatic N) is 2. The summed E-state index contributed by atoms with van der Waals surface area (Å²) in [5, 5.41) is 2.44. The third kappa shape index (κ3) is 2.02. The Morgan fingerprint density at radius 1 is 0.857 bits per heavy atom. The lowest BCUT2D eigenvalue weighted by atomic mass is 9.81. The summed E-state index contributed by atoms with van der Waals surface area (Å²) in [7, 11) is 0. The third-order valence-electron chi connectivity index (χ3n) is 5.92. The van der Waals surface area contributed by atoms with Crippen molar-refractivity contribution in [2.45, 2.75) is 19.3 Å². The first kappa shape index (κ1) is 16.0. The largest absolute Gasteiger partial charge is 0.236 e. The molecule has 1 aliphatic rings. The van der Waals surface area contributed by atoms with E-state index in [-0.39, 0.29) is 5.41 Å². The van der Waals surface area contributed by atoms with Crippen molar-refractivity contribution in [1.82, 2.24) is 9.97 Å². The molecule has 0 N–H and O–H groups in total. The first-order chi connectivity index (χ1) is 13.6. The lowest BCUT2D eigenvalue weighted by Gasteiger charge is -2.22. The second kappa shape index (κ2) is 5.49. The zero-order chi connectivity index (χ0) is 18.9. The van der Waals surface area contributed by atoms with Crippen LogP contribution < -0.4 is 0 Å². The van der Waals surface area contributed by atoms with Crippen LogP contribution in [0.2, 0.25) is 0 Å². The van der Waals surface area contributed by atoms with Gasteiger partial charge in [-0.05, 0) is 28.6 Å². The van der Waals surface area contributed by atoms with Gasteiger partial charge in [-0.1, -0.05) is 68.4 Å². The number of benzene rings is 3. The zero-order valence-corrected chi connectivity index (χ0v) is 16.5. The molecule has 0 unspecified atom stereocenters. The van der Waals surface area contributed by atoms with Gasteiger partial charge in [-0.25, -0.2) is 9.97 Å². The van der Waals surface area contributed by atoms with Gasteiger partial charge < -0.3 is 0 Å². The molecule has 1 aliphatic carbocycles. The van der Waals surface area contributed by atoms with Gasteiger partial charge in [-0.2, -0.15) is 0 Å². The number of fused-ring (bicyclic) bond motifs is 6. The maximum Gasteiger partial charge on any atom is 0.160 e. The highest BCUT2D eigenvalue weighted by atomic mass is 32.1. The monoisotopic (exact) mass is 378 g/mol. The van der Waals surface area contributed by atoms with Crippen molar-refractivity contribution in [3.63, 3.8) is 0 Å². The van der Waals surface area contributed by atoms with E-state index in [0.29, 0.717) is 0 Å². The van der Waals surface area contributed by atoms with E-state index in [4.69, 9.17) is 9.97 Å². The molecular weight excluding hydrogens is 360 g/mol. The third-order valence-corrected chi connectivity index (χ3v) is 7.10. The number of hydrogen-bond acceptors (Lipinski definition) is 3. The SMILES string of the molecule is CC1(C)c2cccc(-c3ncc4ccccc4n3)c2-c2sc3ccccc3c21. The van der Waals surface area contributed by atoms with Gasteiger partial charge in [0.1, 0.15) is 0 Å². The number of thiophene rings is 1. The molecule has 28 heavy (non-hydrogen) atoms. The smallest absolute Gasteiger partial charge is 0.160 e. The fraction of sp³-hybridized carbons (Fsp3) is 0.120. The number of para-hydroxylation sites is 1. The minimum Gasteiger partial charge on any atom is -0.236 e. The topological polar surface area (TPSA) is 25.8 Å². The van der Waals surface area contributed by atoms with Gasteiger partial charge >= 0.3 is 0 Å². The highest BCUT2D eigenvalue weighted by Gasteiger charge is 2.40. The van der Waals surface area contributed by atoms with Gasteiger partial charge in [-0.3, -0.25) is 0 Å². The summed E-state index contributed by atoms with van der Waals surface area (Å²) >= 11 is 1.89. The van der Waals surface area contributed by atoms with Crippen LogP contribution >= 0.6 is 11.3 Å². The maximum absolute atomic E-state index is 4.89. The van der Waals surface area contributed by atoms with Crippen molar-refractivity contribution < 1.29 is 0 Å². The van der Waals surface area contributed by atoms with Crippen molar-refractivity contribution >= 4 is 32.3 Å². The highest BCUT2D eigenvalue weighted by molar-refractivity contribution is 7.22. The summed E-state index contributed by atoms with van der Waals surface area (Å²) in [4.78, 5) is 11.0. The van der Waals surface area contributed by atoms with Crippen molar-refractivity contribution in [2.75, 3.05) is 0 Å². The predicted molar refractivity (Wildman–Crippen MR) is 118 cm³/mol. The van der Waals surface area contributed by atoms with Crippen LogP contribution in [0.1, 0.15) is 25.0 Å². The van der Waals surface area contributed by atoms with Crippen LogP contribution in [-0.2, 0) is 5.41 Å². The molecule has 3 aromatic carbocycles. The molecule has 0 saturated heterocycles. The first-order valence-corrected chi connectivity index (χ1v) is 10.3. The van der Waals surface area contributed by atoms with E-state index in [1.165, 1.54) is 31.7 Å². The Kier molecular flexibility index (Phi) is 3.13. The highest BCUT2D eigenvalue weighted by Crippen LogP contribution is 2.57. The predicted octanol–water partition coefficient (Wildman–Crippen LogP) is 6.82. The number of hydrogen-bond donors (Lipinski definition) is 0. The van der Waals surface area contributed by atoms with Gasteiger partial charge in [0.15, 0.2) is 5.82 Å². The van der Waals surface area contributed by atoms with E-state index in [1.807, 2.05) is 29.7 Å². The van der Waals surface area contributed by atoms with Gasteiger partial charge in [-0.15, -0.1) is 11.3 Å².